The molecule has 3 heterocycles. The normalized spacial score (nSPS) is 20.8. The number of hydrogen-bond donors (Lipinski definition) is 2. The molecule has 1 fully saturated rings. The predicted octanol–water partition coefficient (Wildman–Crippen LogP) is 1.95. The smallest absolute Gasteiger partial charge is 0.317 e. The van der Waals surface area contributed by atoms with Crippen LogP contribution in [0.1, 0.15) is 43.5 Å². The summed E-state index contributed by atoms with van der Waals surface area (Å²) in [6.07, 6.45) is 3.37. The average Bonchev–Trinajstić information content (AvgIpc) is 3.10. The van der Waals surface area contributed by atoms with Crippen molar-refractivity contribution >= 4 is 27.0 Å². The van der Waals surface area contributed by atoms with Crippen LogP contribution < -0.4 is 10.1 Å². The highest BCUT2D eigenvalue weighted by Gasteiger charge is 2.50. The van der Waals surface area contributed by atoms with Gasteiger partial charge in [-0.05, 0) is 37.0 Å². The molecule has 1 saturated heterocycles. The fourth-order valence-electron chi connectivity index (χ4n) is 5.55. The highest BCUT2D eigenvalue weighted by molar-refractivity contribution is 7.88. The van der Waals surface area contributed by atoms with Crippen LogP contribution in [0.2, 0.25) is 0 Å². The number of piperidine rings is 1. The first-order valence-electron chi connectivity index (χ1n) is 11.4. The Morgan fingerprint density at radius 1 is 1.30 bits per heavy atom. The molecule has 33 heavy (non-hydrogen) atoms. The number of methoxy groups -OCH3 is 1. The number of rotatable bonds is 5. The van der Waals surface area contributed by atoms with Gasteiger partial charge in [0.1, 0.15) is 5.75 Å². The Bertz CT molecular complexity index is 1150. The second-order valence-electron chi connectivity index (χ2n) is 9.21. The molecule has 1 atom stereocenters. The highest BCUT2D eigenvalue weighted by atomic mass is 32.2. The molecular weight excluding hydrogens is 444 g/mol. The van der Waals surface area contributed by atoms with Gasteiger partial charge in [-0.15, -0.1) is 0 Å². The lowest BCUT2D eigenvalue weighted by Gasteiger charge is -2.49. The number of fused-ring (bicyclic) bond motifs is 4. The lowest BCUT2D eigenvalue weighted by molar-refractivity contribution is 0.102. The van der Waals surface area contributed by atoms with Crippen LogP contribution in [0.5, 0.6) is 5.75 Å². The maximum Gasteiger partial charge on any atom is 0.317 e. The Labute approximate surface area is 195 Å². The maximum atomic E-state index is 12.8. The minimum Gasteiger partial charge on any atom is -0.497 e. The van der Waals surface area contributed by atoms with Crippen LogP contribution >= 0.6 is 0 Å². The Morgan fingerprint density at radius 3 is 2.58 bits per heavy atom. The van der Waals surface area contributed by atoms with Crippen LogP contribution in [-0.4, -0.2) is 79.5 Å². The van der Waals surface area contributed by atoms with Crippen molar-refractivity contribution in [3.63, 3.8) is 0 Å². The summed E-state index contributed by atoms with van der Waals surface area (Å²) in [4.78, 5) is 14.4. The van der Waals surface area contributed by atoms with E-state index in [0.29, 0.717) is 39.0 Å². The van der Waals surface area contributed by atoms with E-state index in [1.165, 1.54) is 10.6 Å². The number of sulfonamides is 1. The standard InChI is InChI=1S/C23H34N4O5S/c1-5-10-24-22(29)26-11-8-23(9-12-26)15-27(33(4,30)31)19(14-28)21-20(23)17-7-6-16(32-3)13-18(17)25(21)2/h6-7,13,19,28H,5,8-12,14-15H2,1-4H3,(H,24,29)/t19-/m0/s1. The van der Waals surface area contributed by atoms with E-state index in [1.54, 1.807) is 7.11 Å². The Hall–Kier alpha value is -2.30. The number of urea groups is 1. The summed E-state index contributed by atoms with van der Waals surface area (Å²) in [6, 6.07) is 5.17. The zero-order valence-electron chi connectivity index (χ0n) is 19.8. The van der Waals surface area contributed by atoms with Gasteiger partial charge >= 0.3 is 6.03 Å². The first-order valence-corrected chi connectivity index (χ1v) is 13.3. The minimum absolute atomic E-state index is 0.0707. The second kappa shape index (κ2) is 8.81. The summed E-state index contributed by atoms with van der Waals surface area (Å²) in [5, 5.41) is 14.3. The van der Waals surface area contributed by atoms with Gasteiger partial charge in [-0.25, -0.2) is 13.2 Å². The number of benzene rings is 1. The number of aliphatic hydroxyl groups excluding tert-OH is 1. The van der Waals surface area contributed by atoms with Gasteiger partial charge in [-0.2, -0.15) is 4.31 Å². The number of aromatic nitrogens is 1. The third-order valence-electron chi connectivity index (χ3n) is 7.24. The molecule has 1 aromatic heterocycles. The van der Waals surface area contributed by atoms with Crippen molar-refractivity contribution < 1.29 is 23.1 Å². The molecule has 0 aliphatic carbocycles. The molecule has 2 aliphatic rings. The Balaban J connectivity index is 1.84. The molecule has 0 unspecified atom stereocenters. The number of aliphatic hydroxyl groups is 1. The molecule has 182 valence electrons. The van der Waals surface area contributed by atoms with Gasteiger partial charge in [-0.1, -0.05) is 6.92 Å². The van der Waals surface area contributed by atoms with Gasteiger partial charge in [0.05, 0.1) is 31.5 Å². The van der Waals surface area contributed by atoms with E-state index in [9.17, 15) is 18.3 Å². The molecule has 1 spiro atoms. The second-order valence-corrected chi connectivity index (χ2v) is 11.1. The highest BCUT2D eigenvalue weighted by Crippen LogP contribution is 2.50. The van der Waals surface area contributed by atoms with Gasteiger partial charge in [0.2, 0.25) is 10.0 Å². The van der Waals surface area contributed by atoms with E-state index in [4.69, 9.17) is 4.74 Å². The topological polar surface area (TPSA) is 104 Å². The molecule has 10 heteroatoms. The first kappa shape index (κ1) is 23.8. The average molecular weight is 479 g/mol. The fraction of sp³-hybridized carbons (Fsp3) is 0.609. The van der Waals surface area contributed by atoms with Crippen LogP contribution in [0.4, 0.5) is 4.79 Å². The molecule has 2 N–H and O–H groups in total. The number of nitrogens with zero attached hydrogens (tertiary/aromatic N) is 3. The van der Waals surface area contributed by atoms with Crippen molar-refractivity contribution in [2.24, 2.45) is 7.05 Å². The summed E-state index contributed by atoms with van der Waals surface area (Å²) in [5.41, 5.74) is 2.41. The lowest BCUT2D eigenvalue weighted by atomic mass is 9.69. The molecule has 0 saturated carbocycles. The van der Waals surface area contributed by atoms with Gasteiger partial charge in [0, 0.05) is 55.8 Å². The molecular formula is C23H34N4O5S. The van der Waals surface area contributed by atoms with Crippen molar-refractivity contribution in [2.75, 3.05) is 46.2 Å². The third kappa shape index (κ3) is 3.98. The van der Waals surface area contributed by atoms with E-state index >= 15 is 0 Å². The maximum absolute atomic E-state index is 12.8. The molecule has 0 bridgehead atoms. The SMILES string of the molecule is CCCNC(=O)N1CCC2(CC1)CN(S(C)(=O)=O)[C@@H](CO)c1c2c2ccc(OC)cc2n1C. The number of amides is 2. The largest absolute Gasteiger partial charge is 0.497 e. The monoisotopic (exact) mass is 478 g/mol. The number of hydrogen-bond acceptors (Lipinski definition) is 5. The lowest BCUT2D eigenvalue weighted by Crippen LogP contribution is -2.56. The van der Waals surface area contributed by atoms with E-state index in [-0.39, 0.29) is 12.6 Å². The summed E-state index contributed by atoms with van der Waals surface area (Å²) in [7, 11) is -0.0411. The number of aryl methyl sites for hydroxylation is 1. The van der Waals surface area contributed by atoms with Gasteiger partial charge in [0.25, 0.3) is 0 Å². The van der Waals surface area contributed by atoms with Crippen LogP contribution in [0, 0.1) is 0 Å². The molecule has 2 aliphatic heterocycles. The van der Waals surface area contributed by atoms with Gasteiger partial charge in [-0.3, -0.25) is 0 Å². The van der Waals surface area contributed by atoms with Crippen molar-refractivity contribution in [3.8, 4) is 5.75 Å². The molecule has 9 nitrogen and oxygen atoms in total. The Kier molecular flexibility index (Phi) is 6.36. The fourth-order valence-corrected chi connectivity index (χ4v) is 6.66. The van der Waals surface area contributed by atoms with E-state index in [2.05, 4.69) is 5.32 Å². The summed E-state index contributed by atoms with van der Waals surface area (Å²) < 4.78 is 34.5. The van der Waals surface area contributed by atoms with Crippen LogP contribution in [0.25, 0.3) is 10.9 Å². The number of ether oxygens (including phenoxy) is 1. The van der Waals surface area contributed by atoms with Gasteiger partial charge in [0.15, 0.2) is 0 Å². The quantitative estimate of drug-likeness (QED) is 0.684. The first-order chi connectivity index (χ1) is 15.7. The van der Waals surface area contributed by atoms with Gasteiger partial charge < -0.3 is 24.6 Å². The molecule has 2 amide bonds. The predicted molar refractivity (Wildman–Crippen MR) is 127 cm³/mol. The zero-order chi connectivity index (χ0) is 24.0. The summed E-state index contributed by atoms with van der Waals surface area (Å²) >= 11 is 0. The van der Waals surface area contributed by atoms with Crippen LogP contribution in [0.15, 0.2) is 18.2 Å². The Morgan fingerprint density at radius 2 is 2.00 bits per heavy atom. The van der Waals surface area contributed by atoms with Crippen molar-refractivity contribution in [1.82, 2.24) is 19.1 Å². The van der Waals surface area contributed by atoms with Crippen LogP contribution in [0.3, 0.4) is 0 Å². The minimum atomic E-state index is -3.57. The van der Waals surface area contributed by atoms with E-state index in [0.717, 1.165) is 34.3 Å². The third-order valence-corrected chi connectivity index (χ3v) is 8.47. The number of carbonyl (C=O) groups excluding carboxylic acids is 1. The molecule has 4 rings (SSSR count). The molecule has 0 radical (unpaired) electrons. The van der Waals surface area contributed by atoms with Crippen molar-refractivity contribution in [2.45, 2.75) is 37.6 Å². The van der Waals surface area contributed by atoms with Crippen molar-refractivity contribution in [3.05, 3.63) is 29.5 Å². The number of nitrogens with one attached hydrogen (secondary N) is 1. The number of likely N-dealkylation sites (tertiary alicyclic amines) is 1. The number of carbonyl (C=O) groups is 1. The summed E-state index contributed by atoms with van der Waals surface area (Å²) in [6.45, 7) is 3.73. The zero-order valence-corrected chi connectivity index (χ0v) is 20.6. The molecule has 1 aromatic carbocycles. The van der Waals surface area contributed by atoms with E-state index < -0.39 is 21.5 Å². The molecule has 2 aromatic rings. The summed E-state index contributed by atoms with van der Waals surface area (Å²) in [5.74, 6) is 0.720. The van der Waals surface area contributed by atoms with Crippen LogP contribution in [-0.2, 0) is 22.5 Å². The van der Waals surface area contributed by atoms with E-state index in [1.807, 2.05) is 41.6 Å². The van der Waals surface area contributed by atoms with Crippen molar-refractivity contribution in [1.29, 1.82) is 0 Å².